The molecule has 0 spiro atoms. The summed E-state index contributed by atoms with van der Waals surface area (Å²) in [7, 11) is -3.91. The van der Waals surface area contributed by atoms with Crippen molar-refractivity contribution in [1.82, 2.24) is 4.72 Å². The van der Waals surface area contributed by atoms with Gasteiger partial charge in [0.1, 0.15) is 6.04 Å². The fourth-order valence-electron chi connectivity index (χ4n) is 2.34. The number of rotatable bonds is 8. The Labute approximate surface area is 169 Å². The number of carbonyl (C=O) groups excluding carboxylic acids is 3. The quantitative estimate of drug-likeness (QED) is 0.501. The highest BCUT2D eigenvalue weighted by molar-refractivity contribution is 7.89. The van der Waals surface area contributed by atoms with Crippen LogP contribution < -0.4 is 10.0 Å². The van der Waals surface area contributed by atoms with Crippen molar-refractivity contribution >= 4 is 33.4 Å². The molecule has 0 radical (unpaired) electrons. The topological polar surface area (TPSA) is 119 Å². The molecular formula is C20H22N2O6S. The normalized spacial score (nSPS) is 13.2. The summed E-state index contributed by atoms with van der Waals surface area (Å²) >= 11 is 0. The van der Waals surface area contributed by atoms with Crippen LogP contribution in [-0.4, -0.2) is 38.2 Å². The molecule has 29 heavy (non-hydrogen) atoms. The van der Waals surface area contributed by atoms with Crippen LogP contribution in [-0.2, 0) is 24.3 Å². The van der Waals surface area contributed by atoms with Crippen molar-refractivity contribution < 1.29 is 27.5 Å². The predicted molar refractivity (Wildman–Crippen MR) is 107 cm³/mol. The number of sulfonamides is 1. The fourth-order valence-corrected chi connectivity index (χ4v) is 3.55. The van der Waals surface area contributed by atoms with Crippen molar-refractivity contribution in [1.29, 1.82) is 0 Å². The van der Waals surface area contributed by atoms with Gasteiger partial charge in [-0.15, -0.1) is 0 Å². The summed E-state index contributed by atoms with van der Waals surface area (Å²) in [6.45, 7) is 4.09. The van der Waals surface area contributed by atoms with E-state index in [9.17, 15) is 22.8 Å². The number of ether oxygens (including phenoxy) is 1. The van der Waals surface area contributed by atoms with Crippen LogP contribution in [0, 0.1) is 0 Å². The third kappa shape index (κ3) is 6.23. The molecule has 2 N–H and O–H groups in total. The molecular weight excluding hydrogens is 396 g/mol. The minimum absolute atomic E-state index is 0.01000. The zero-order valence-corrected chi connectivity index (χ0v) is 17.0. The van der Waals surface area contributed by atoms with Crippen molar-refractivity contribution in [3.05, 3.63) is 60.2 Å². The van der Waals surface area contributed by atoms with Gasteiger partial charge in [-0.05, 0) is 45.0 Å². The van der Waals surface area contributed by atoms with Gasteiger partial charge < -0.3 is 10.1 Å². The molecule has 2 unspecified atom stereocenters. The van der Waals surface area contributed by atoms with Crippen LogP contribution >= 0.6 is 0 Å². The number of hydrogen-bond acceptors (Lipinski definition) is 6. The zero-order valence-electron chi connectivity index (χ0n) is 16.2. The lowest BCUT2D eigenvalue weighted by molar-refractivity contribution is -0.154. The van der Waals surface area contributed by atoms with E-state index in [4.69, 9.17) is 4.74 Å². The number of benzene rings is 2. The Morgan fingerprint density at radius 2 is 1.62 bits per heavy atom. The van der Waals surface area contributed by atoms with E-state index >= 15 is 0 Å². The molecule has 0 fully saturated rings. The average Bonchev–Trinajstić information content (AvgIpc) is 2.68. The molecule has 1 amide bonds. The van der Waals surface area contributed by atoms with Crippen LogP contribution in [0.25, 0.3) is 0 Å². The first-order valence-electron chi connectivity index (χ1n) is 8.80. The van der Waals surface area contributed by atoms with Gasteiger partial charge in [-0.2, -0.15) is 4.72 Å². The summed E-state index contributed by atoms with van der Waals surface area (Å²) in [5.74, 6) is -1.66. The Morgan fingerprint density at radius 1 is 0.966 bits per heavy atom. The molecule has 0 heterocycles. The third-order valence-corrected chi connectivity index (χ3v) is 5.49. The van der Waals surface area contributed by atoms with Crippen molar-refractivity contribution in [3.63, 3.8) is 0 Å². The number of anilines is 1. The highest BCUT2D eigenvalue weighted by atomic mass is 32.2. The second kappa shape index (κ2) is 9.44. The van der Waals surface area contributed by atoms with E-state index < -0.39 is 34.0 Å². The Bertz CT molecular complexity index is 1000. The third-order valence-electron chi connectivity index (χ3n) is 3.94. The maximum absolute atomic E-state index is 12.3. The Kier molecular flexibility index (Phi) is 7.24. The lowest BCUT2D eigenvalue weighted by Crippen LogP contribution is -2.42. The highest BCUT2D eigenvalue weighted by Gasteiger charge is 2.26. The van der Waals surface area contributed by atoms with Gasteiger partial charge in [-0.1, -0.05) is 30.3 Å². The van der Waals surface area contributed by atoms with E-state index in [-0.39, 0.29) is 10.7 Å². The van der Waals surface area contributed by atoms with Gasteiger partial charge in [0.2, 0.25) is 10.0 Å². The second-order valence-electron chi connectivity index (χ2n) is 6.36. The molecule has 0 aliphatic rings. The Hall–Kier alpha value is -3.04. The van der Waals surface area contributed by atoms with Gasteiger partial charge in [0, 0.05) is 11.3 Å². The number of nitrogens with one attached hydrogen (secondary N) is 2. The molecule has 2 rings (SSSR count). The van der Waals surface area contributed by atoms with E-state index in [0.29, 0.717) is 11.3 Å². The van der Waals surface area contributed by atoms with E-state index in [1.165, 1.54) is 39.0 Å². The number of carbonyl (C=O) groups is 3. The van der Waals surface area contributed by atoms with Crippen molar-refractivity contribution in [2.75, 3.05) is 5.32 Å². The first-order valence-corrected chi connectivity index (χ1v) is 10.3. The molecule has 2 aromatic carbocycles. The lowest BCUT2D eigenvalue weighted by Gasteiger charge is -2.18. The van der Waals surface area contributed by atoms with Crippen molar-refractivity contribution in [2.45, 2.75) is 37.8 Å². The van der Waals surface area contributed by atoms with Gasteiger partial charge in [-0.25, -0.2) is 8.42 Å². The molecule has 0 bridgehead atoms. The number of hydrogen-bond donors (Lipinski definition) is 2. The van der Waals surface area contributed by atoms with E-state index in [2.05, 4.69) is 10.0 Å². The number of amides is 1. The number of esters is 1. The predicted octanol–water partition coefficient (Wildman–Crippen LogP) is 2.13. The summed E-state index contributed by atoms with van der Waals surface area (Å²) < 4.78 is 31.8. The molecule has 0 saturated carbocycles. The van der Waals surface area contributed by atoms with E-state index in [0.717, 1.165) is 0 Å². The van der Waals surface area contributed by atoms with Gasteiger partial charge in [0.25, 0.3) is 5.91 Å². The van der Waals surface area contributed by atoms with Crippen molar-refractivity contribution in [2.24, 2.45) is 0 Å². The molecule has 8 nitrogen and oxygen atoms in total. The van der Waals surface area contributed by atoms with Crippen molar-refractivity contribution in [3.8, 4) is 0 Å². The largest absolute Gasteiger partial charge is 0.451 e. The van der Waals surface area contributed by atoms with Gasteiger partial charge >= 0.3 is 5.97 Å². The monoisotopic (exact) mass is 418 g/mol. The smallest absolute Gasteiger partial charge is 0.324 e. The van der Waals surface area contributed by atoms with Crippen LogP contribution in [0.4, 0.5) is 5.69 Å². The SMILES string of the molecule is CC(=O)c1cccc(NC(=O)C(C)OC(=O)C(C)NS(=O)(=O)c2ccccc2)c1. The van der Waals surface area contributed by atoms with Gasteiger partial charge in [-0.3, -0.25) is 14.4 Å². The lowest BCUT2D eigenvalue weighted by atomic mass is 10.1. The van der Waals surface area contributed by atoms with Crippen LogP contribution in [0.1, 0.15) is 31.1 Å². The molecule has 0 aliphatic heterocycles. The summed E-state index contributed by atoms with van der Waals surface area (Å²) in [6, 6.07) is 12.7. The van der Waals surface area contributed by atoms with Gasteiger partial charge in [0.15, 0.2) is 11.9 Å². The summed E-state index contributed by atoms with van der Waals surface area (Å²) in [6.07, 6.45) is -1.17. The molecule has 2 aromatic rings. The van der Waals surface area contributed by atoms with Crippen LogP contribution in [0.15, 0.2) is 59.5 Å². The molecule has 9 heteroatoms. The second-order valence-corrected chi connectivity index (χ2v) is 8.08. The number of ketones is 1. The van der Waals surface area contributed by atoms with Crippen LogP contribution in [0.2, 0.25) is 0 Å². The summed E-state index contributed by atoms with van der Waals surface area (Å²) in [5.41, 5.74) is 0.805. The standard InChI is InChI=1S/C20H22N2O6S/c1-13(22-29(26,27)18-10-5-4-6-11-18)20(25)28-15(3)19(24)21-17-9-7-8-16(12-17)14(2)23/h4-13,15,22H,1-3H3,(H,21,24). The maximum Gasteiger partial charge on any atom is 0.324 e. The zero-order chi connectivity index (χ0) is 21.6. The molecule has 0 aliphatic carbocycles. The molecule has 0 saturated heterocycles. The Morgan fingerprint density at radius 3 is 2.24 bits per heavy atom. The first-order chi connectivity index (χ1) is 13.6. The molecule has 0 aromatic heterocycles. The number of Topliss-reactive ketones (excluding diaryl/α,β-unsaturated/α-hetero) is 1. The highest BCUT2D eigenvalue weighted by Crippen LogP contribution is 2.13. The molecule has 2 atom stereocenters. The van der Waals surface area contributed by atoms with E-state index in [1.54, 1.807) is 36.4 Å². The first kappa shape index (κ1) is 22.3. The van der Waals surface area contributed by atoms with Crippen LogP contribution in [0.5, 0.6) is 0 Å². The minimum atomic E-state index is -3.91. The summed E-state index contributed by atoms with van der Waals surface area (Å²) in [5, 5.41) is 2.55. The average molecular weight is 418 g/mol. The fraction of sp³-hybridized carbons (Fsp3) is 0.250. The molecule has 154 valence electrons. The maximum atomic E-state index is 12.3. The summed E-state index contributed by atoms with van der Waals surface area (Å²) in [4.78, 5) is 35.9. The minimum Gasteiger partial charge on any atom is -0.451 e. The van der Waals surface area contributed by atoms with Gasteiger partial charge in [0.05, 0.1) is 4.90 Å². The van der Waals surface area contributed by atoms with Crippen LogP contribution in [0.3, 0.4) is 0 Å². The van der Waals surface area contributed by atoms with E-state index in [1.807, 2.05) is 0 Å². The Balaban J connectivity index is 1.96.